The Kier molecular flexibility index (Phi) is 8.19. The van der Waals surface area contributed by atoms with Gasteiger partial charge in [0.15, 0.2) is 11.5 Å². The molecule has 0 aliphatic carbocycles. The van der Waals surface area contributed by atoms with E-state index in [9.17, 15) is 14.7 Å². The number of ether oxygens (including phenoxy) is 3. The van der Waals surface area contributed by atoms with Gasteiger partial charge in [-0.25, -0.2) is 0 Å². The zero-order chi connectivity index (χ0) is 25.7. The van der Waals surface area contributed by atoms with Gasteiger partial charge in [-0.3, -0.25) is 9.59 Å². The van der Waals surface area contributed by atoms with E-state index < -0.39 is 17.7 Å². The van der Waals surface area contributed by atoms with Gasteiger partial charge in [0.1, 0.15) is 18.1 Å². The number of aliphatic hydroxyl groups excluding tert-OH is 1. The molecule has 2 aromatic carbocycles. The van der Waals surface area contributed by atoms with Gasteiger partial charge in [0.2, 0.25) is 0 Å². The van der Waals surface area contributed by atoms with E-state index in [-0.39, 0.29) is 11.3 Å². The molecule has 1 N–H and O–H groups in total. The lowest BCUT2D eigenvalue weighted by Gasteiger charge is -2.27. The molecule has 2 aromatic rings. The van der Waals surface area contributed by atoms with Crippen molar-refractivity contribution in [1.82, 2.24) is 9.80 Å². The Morgan fingerprint density at radius 3 is 2.37 bits per heavy atom. The smallest absolute Gasteiger partial charge is 0.295 e. The number of Topliss-reactive ketones (excluding diaryl/α,β-unsaturated/α-hetero) is 1. The molecule has 1 atom stereocenters. The van der Waals surface area contributed by atoms with Gasteiger partial charge in [-0.1, -0.05) is 18.7 Å². The van der Waals surface area contributed by atoms with E-state index in [2.05, 4.69) is 6.58 Å². The number of hydrogen-bond donors (Lipinski definition) is 1. The van der Waals surface area contributed by atoms with Crippen molar-refractivity contribution in [3.63, 3.8) is 0 Å². The molecule has 3 rings (SSSR count). The number of rotatable bonds is 10. The fourth-order valence-electron chi connectivity index (χ4n) is 4.07. The summed E-state index contributed by atoms with van der Waals surface area (Å²) in [5.41, 5.74) is 1.87. The van der Waals surface area contributed by atoms with E-state index in [1.165, 1.54) is 12.0 Å². The fourth-order valence-corrected chi connectivity index (χ4v) is 4.07. The maximum absolute atomic E-state index is 13.2. The van der Waals surface area contributed by atoms with Gasteiger partial charge in [-0.05, 0) is 62.5 Å². The Morgan fingerprint density at radius 2 is 1.77 bits per heavy atom. The first-order valence-electron chi connectivity index (χ1n) is 11.2. The molecule has 0 aromatic heterocycles. The summed E-state index contributed by atoms with van der Waals surface area (Å²) in [5.74, 6) is -0.0166. The van der Waals surface area contributed by atoms with Crippen LogP contribution >= 0.6 is 0 Å². The maximum Gasteiger partial charge on any atom is 0.295 e. The average molecular weight is 481 g/mol. The number of carbonyl (C=O) groups is 2. The van der Waals surface area contributed by atoms with Crippen LogP contribution < -0.4 is 14.2 Å². The number of aryl methyl sites for hydroxylation is 1. The Hall–Kier alpha value is -3.78. The molecule has 1 aliphatic heterocycles. The number of hydrogen-bond acceptors (Lipinski definition) is 7. The molecule has 1 amide bonds. The van der Waals surface area contributed by atoms with Gasteiger partial charge in [-0.2, -0.15) is 0 Å². The van der Waals surface area contributed by atoms with E-state index >= 15 is 0 Å². The van der Waals surface area contributed by atoms with E-state index in [1.54, 1.807) is 49.6 Å². The summed E-state index contributed by atoms with van der Waals surface area (Å²) in [7, 11) is 6.86. The van der Waals surface area contributed by atoms with E-state index in [4.69, 9.17) is 14.2 Å². The average Bonchev–Trinajstić information content (AvgIpc) is 3.10. The number of benzene rings is 2. The highest BCUT2D eigenvalue weighted by Gasteiger charge is 2.46. The molecular weight excluding hydrogens is 448 g/mol. The predicted octanol–water partition coefficient (Wildman–Crippen LogP) is 3.56. The maximum atomic E-state index is 13.2. The van der Waals surface area contributed by atoms with Crippen molar-refractivity contribution in [3.8, 4) is 17.2 Å². The standard InChI is InChI=1S/C27H32N2O6/c1-7-14-35-21-11-8-18(16-22(21)34-6)24-23(26(31)27(32)29(24)13-12-28(3)4)25(30)19-9-10-20(33-5)17(2)15-19/h7-11,15-16,24,30H,1,12-14H2,2-6H3/b25-23+. The van der Waals surface area contributed by atoms with Gasteiger partial charge in [0, 0.05) is 18.7 Å². The third kappa shape index (κ3) is 5.33. The highest BCUT2D eigenvalue weighted by molar-refractivity contribution is 6.46. The minimum absolute atomic E-state index is 0.0279. The summed E-state index contributed by atoms with van der Waals surface area (Å²) >= 11 is 0. The van der Waals surface area contributed by atoms with Crippen LogP contribution in [0.3, 0.4) is 0 Å². The molecule has 8 heteroatoms. The van der Waals surface area contributed by atoms with Crippen LogP contribution in [0, 0.1) is 6.92 Å². The quantitative estimate of drug-likeness (QED) is 0.241. The molecule has 8 nitrogen and oxygen atoms in total. The molecule has 0 bridgehead atoms. The van der Waals surface area contributed by atoms with Crippen LogP contribution in [0.1, 0.15) is 22.7 Å². The molecular formula is C27H32N2O6. The zero-order valence-corrected chi connectivity index (χ0v) is 20.8. The molecule has 1 unspecified atom stereocenters. The molecule has 1 saturated heterocycles. The van der Waals surface area contributed by atoms with Gasteiger partial charge >= 0.3 is 0 Å². The second kappa shape index (κ2) is 11.1. The van der Waals surface area contributed by atoms with E-state index in [0.717, 1.165) is 5.56 Å². The molecule has 35 heavy (non-hydrogen) atoms. The molecule has 1 heterocycles. The Balaban J connectivity index is 2.17. The number of likely N-dealkylation sites (tertiary alicyclic amines) is 1. The van der Waals surface area contributed by atoms with Crippen LogP contribution in [0.4, 0.5) is 0 Å². The SMILES string of the molecule is C=CCOc1ccc(C2/C(=C(\O)c3ccc(OC)c(C)c3)C(=O)C(=O)N2CCN(C)C)cc1OC. The van der Waals surface area contributed by atoms with Crippen LogP contribution in [0.5, 0.6) is 17.2 Å². The molecule has 186 valence electrons. The number of nitrogens with zero attached hydrogens (tertiary/aromatic N) is 2. The number of amides is 1. The van der Waals surface area contributed by atoms with Crippen LogP contribution in [0.2, 0.25) is 0 Å². The van der Waals surface area contributed by atoms with Crippen LogP contribution in [-0.4, -0.2) is 74.6 Å². The molecule has 1 fully saturated rings. The van der Waals surface area contributed by atoms with Crippen molar-refractivity contribution in [2.24, 2.45) is 0 Å². The van der Waals surface area contributed by atoms with E-state index in [1.807, 2.05) is 25.9 Å². The minimum Gasteiger partial charge on any atom is -0.507 e. The zero-order valence-electron chi connectivity index (χ0n) is 20.8. The Labute approximate surface area is 206 Å². The van der Waals surface area contributed by atoms with Gasteiger partial charge in [0.05, 0.1) is 25.8 Å². The predicted molar refractivity (Wildman–Crippen MR) is 134 cm³/mol. The normalized spacial score (nSPS) is 17.1. The van der Waals surface area contributed by atoms with Crippen molar-refractivity contribution in [2.75, 3.05) is 48.0 Å². The summed E-state index contributed by atoms with van der Waals surface area (Å²) in [5, 5.41) is 11.3. The summed E-state index contributed by atoms with van der Waals surface area (Å²) in [4.78, 5) is 29.7. The third-order valence-electron chi connectivity index (χ3n) is 5.86. The Morgan fingerprint density at radius 1 is 1.09 bits per heavy atom. The van der Waals surface area contributed by atoms with Gasteiger partial charge in [-0.15, -0.1) is 0 Å². The van der Waals surface area contributed by atoms with Gasteiger partial charge in [0.25, 0.3) is 11.7 Å². The molecule has 0 radical (unpaired) electrons. The first kappa shape index (κ1) is 25.8. The first-order valence-corrected chi connectivity index (χ1v) is 11.2. The fraction of sp³-hybridized carbons (Fsp3) is 0.333. The van der Waals surface area contributed by atoms with Crippen molar-refractivity contribution < 1.29 is 28.9 Å². The Bertz CT molecular complexity index is 1150. The van der Waals surface area contributed by atoms with Crippen molar-refractivity contribution >= 4 is 17.4 Å². The van der Waals surface area contributed by atoms with Crippen LogP contribution in [-0.2, 0) is 9.59 Å². The van der Waals surface area contributed by atoms with Crippen molar-refractivity contribution in [2.45, 2.75) is 13.0 Å². The lowest BCUT2D eigenvalue weighted by atomic mass is 9.94. The second-order valence-corrected chi connectivity index (χ2v) is 8.49. The van der Waals surface area contributed by atoms with Gasteiger partial charge < -0.3 is 29.1 Å². The number of likely N-dealkylation sites (N-methyl/N-ethyl adjacent to an activating group) is 1. The van der Waals surface area contributed by atoms with Crippen LogP contribution in [0.15, 0.2) is 54.6 Å². The number of methoxy groups -OCH3 is 2. The molecule has 0 saturated carbocycles. The summed E-state index contributed by atoms with van der Waals surface area (Å²) in [6.07, 6.45) is 1.63. The molecule has 0 spiro atoms. The lowest BCUT2D eigenvalue weighted by Crippen LogP contribution is -2.35. The summed E-state index contributed by atoms with van der Waals surface area (Å²) in [6, 6.07) is 9.54. The number of carbonyl (C=O) groups excluding carboxylic acids is 2. The monoisotopic (exact) mass is 480 g/mol. The first-order chi connectivity index (χ1) is 16.7. The number of aliphatic hydroxyl groups is 1. The largest absolute Gasteiger partial charge is 0.507 e. The number of ketones is 1. The second-order valence-electron chi connectivity index (χ2n) is 8.49. The third-order valence-corrected chi connectivity index (χ3v) is 5.86. The van der Waals surface area contributed by atoms with E-state index in [0.29, 0.717) is 48.1 Å². The summed E-state index contributed by atoms with van der Waals surface area (Å²) in [6.45, 7) is 6.65. The molecule has 1 aliphatic rings. The highest BCUT2D eigenvalue weighted by Crippen LogP contribution is 2.42. The minimum atomic E-state index is -0.792. The van der Waals surface area contributed by atoms with Crippen molar-refractivity contribution in [1.29, 1.82) is 0 Å². The van der Waals surface area contributed by atoms with Crippen LogP contribution in [0.25, 0.3) is 5.76 Å². The summed E-state index contributed by atoms with van der Waals surface area (Å²) < 4.78 is 16.5. The topological polar surface area (TPSA) is 88.5 Å². The highest BCUT2D eigenvalue weighted by atomic mass is 16.5. The van der Waals surface area contributed by atoms with Crippen molar-refractivity contribution in [3.05, 3.63) is 71.3 Å². The lowest BCUT2D eigenvalue weighted by molar-refractivity contribution is -0.140.